The summed E-state index contributed by atoms with van der Waals surface area (Å²) in [6.45, 7) is 6.72. The molecule has 1 heterocycles. The van der Waals surface area contributed by atoms with Crippen molar-refractivity contribution in [1.82, 2.24) is 5.32 Å². The van der Waals surface area contributed by atoms with Crippen LogP contribution in [0.3, 0.4) is 0 Å². The van der Waals surface area contributed by atoms with Gasteiger partial charge < -0.3 is 10.6 Å². The molecule has 0 unspecified atom stereocenters. The van der Waals surface area contributed by atoms with Crippen molar-refractivity contribution in [2.45, 2.75) is 26.7 Å². The van der Waals surface area contributed by atoms with Crippen LogP contribution in [0.1, 0.15) is 36.2 Å². The van der Waals surface area contributed by atoms with Crippen LogP contribution in [0.2, 0.25) is 0 Å². The quantitative estimate of drug-likeness (QED) is 0.598. The Balaban J connectivity index is 1.85. The summed E-state index contributed by atoms with van der Waals surface area (Å²) < 4.78 is 0. The molecule has 18 heavy (non-hydrogen) atoms. The first-order valence-electron chi connectivity index (χ1n) is 6.77. The zero-order chi connectivity index (χ0) is 13.0. The fraction of sp³-hybridized carbons (Fsp3) is 0.533. The minimum atomic E-state index is 0.188. The van der Waals surface area contributed by atoms with Crippen molar-refractivity contribution in [2.75, 3.05) is 25.0 Å². The molecule has 0 fully saturated rings. The number of benzene rings is 1. The summed E-state index contributed by atoms with van der Waals surface area (Å²) in [5, 5.41) is 6.52. The molecule has 0 saturated heterocycles. The first-order valence-corrected chi connectivity index (χ1v) is 6.77. The van der Waals surface area contributed by atoms with Gasteiger partial charge in [0.05, 0.1) is 6.54 Å². The Kier molecular flexibility index (Phi) is 4.37. The molecule has 3 heteroatoms. The summed E-state index contributed by atoms with van der Waals surface area (Å²) in [4.78, 5) is 12.0. The van der Waals surface area contributed by atoms with Gasteiger partial charge in [0, 0.05) is 17.8 Å². The lowest BCUT2D eigenvalue weighted by molar-refractivity contribution is 0.0991. The first kappa shape index (κ1) is 13.1. The van der Waals surface area contributed by atoms with Crippen molar-refractivity contribution in [3.63, 3.8) is 0 Å². The summed E-state index contributed by atoms with van der Waals surface area (Å²) in [7, 11) is 0. The molecule has 1 aliphatic heterocycles. The highest BCUT2D eigenvalue weighted by Crippen LogP contribution is 2.23. The topological polar surface area (TPSA) is 41.1 Å². The van der Waals surface area contributed by atoms with Crippen LogP contribution in [0.4, 0.5) is 5.69 Å². The number of Topliss-reactive ketones (excluding diaryl/α,β-unsaturated/α-hetero) is 1. The van der Waals surface area contributed by atoms with E-state index in [1.54, 1.807) is 0 Å². The van der Waals surface area contributed by atoms with E-state index in [-0.39, 0.29) is 5.78 Å². The van der Waals surface area contributed by atoms with Crippen molar-refractivity contribution >= 4 is 11.5 Å². The number of fused-ring (bicyclic) bond motifs is 1. The van der Waals surface area contributed by atoms with E-state index in [4.69, 9.17) is 0 Å². The zero-order valence-electron chi connectivity index (χ0n) is 11.3. The van der Waals surface area contributed by atoms with Crippen molar-refractivity contribution in [3.05, 3.63) is 29.3 Å². The molecule has 3 nitrogen and oxygen atoms in total. The van der Waals surface area contributed by atoms with Gasteiger partial charge in [-0.15, -0.1) is 0 Å². The lowest BCUT2D eigenvalue weighted by atomic mass is 10.1. The highest BCUT2D eigenvalue weighted by Gasteiger charge is 2.13. The molecule has 0 aromatic heterocycles. The largest absolute Gasteiger partial charge is 0.384 e. The fourth-order valence-corrected chi connectivity index (χ4v) is 2.17. The molecule has 0 amide bonds. The number of rotatable bonds is 6. The molecule has 0 saturated carbocycles. The average molecular weight is 246 g/mol. The van der Waals surface area contributed by atoms with Crippen molar-refractivity contribution in [3.8, 4) is 0 Å². The average Bonchev–Trinajstić information content (AvgIpc) is 2.81. The van der Waals surface area contributed by atoms with Gasteiger partial charge in [0.1, 0.15) is 0 Å². The number of carbonyl (C=O) groups excluding carboxylic acids is 1. The number of anilines is 1. The Bertz CT molecular complexity index is 427. The van der Waals surface area contributed by atoms with Crippen LogP contribution in [0.5, 0.6) is 0 Å². The third-order valence-corrected chi connectivity index (χ3v) is 3.32. The first-order chi connectivity index (χ1) is 8.66. The van der Waals surface area contributed by atoms with Crippen LogP contribution in [-0.4, -0.2) is 25.4 Å². The molecule has 0 bridgehead atoms. The van der Waals surface area contributed by atoms with Gasteiger partial charge in [-0.2, -0.15) is 0 Å². The van der Waals surface area contributed by atoms with Crippen molar-refractivity contribution in [2.24, 2.45) is 5.92 Å². The van der Waals surface area contributed by atoms with Crippen LogP contribution in [0.15, 0.2) is 18.2 Å². The SMILES string of the molecule is CC(C)CCNCC(=O)c1ccc2c(c1)CCN2. The predicted octanol–water partition coefficient (Wildman–Crippen LogP) is 2.47. The molecule has 2 rings (SSSR count). The molecule has 2 N–H and O–H groups in total. The Morgan fingerprint density at radius 3 is 3.06 bits per heavy atom. The van der Waals surface area contributed by atoms with Gasteiger partial charge in [-0.05, 0) is 49.1 Å². The minimum absolute atomic E-state index is 0.188. The van der Waals surface area contributed by atoms with E-state index >= 15 is 0 Å². The van der Waals surface area contributed by atoms with E-state index in [1.165, 1.54) is 11.3 Å². The molecule has 0 spiro atoms. The molecule has 0 radical (unpaired) electrons. The third-order valence-electron chi connectivity index (χ3n) is 3.32. The lowest BCUT2D eigenvalue weighted by Crippen LogP contribution is -2.24. The maximum absolute atomic E-state index is 12.0. The van der Waals surface area contributed by atoms with Crippen LogP contribution >= 0.6 is 0 Å². The van der Waals surface area contributed by atoms with Crippen molar-refractivity contribution in [1.29, 1.82) is 0 Å². The maximum atomic E-state index is 12.0. The second kappa shape index (κ2) is 6.01. The normalized spacial score (nSPS) is 13.5. The number of ketones is 1. The van der Waals surface area contributed by atoms with E-state index in [2.05, 4.69) is 24.5 Å². The molecule has 0 atom stereocenters. The van der Waals surface area contributed by atoms with Gasteiger partial charge in [0.25, 0.3) is 0 Å². The zero-order valence-corrected chi connectivity index (χ0v) is 11.3. The highest BCUT2D eigenvalue weighted by atomic mass is 16.1. The van der Waals surface area contributed by atoms with E-state index in [9.17, 15) is 4.79 Å². The van der Waals surface area contributed by atoms with Gasteiger partial charge in [-0.1, -0.05) is 13.8 Å². The fourth-order valence-electron chi connectivity index (χ4n) is 2.17. The summed E-state index contributed by atoms with van der Waals surface area (Å²) in [5.41, 5.74) is 3.27. The third kappa shape index (κ3) is 3.33. The van der Waals surface area contributed by atoms with E-state index < -0.39 is 0 Å². The van der Waals surface area contributed by atoms with Crippen molar-refractivity contribution < 1.29 is 4.79 Å². The molecule has 98 valence electrons. The Morgan fingerprint density at radius 2 is 2.28 bits per heavy atom. The number of hydrogen-bond donors (Lipinski definition) is 2. The summed E-state index contributed by atoms with van der Waals surface area (Å²) in [6.07, 6.45) is 2.14. The van der Waals surface area contributed by atoms with Crippen LogP contribution < -0.4 is 10.6 Å². The monoisotopic (exact) mass is 246 g/mol. The van der Waals surface area contributed by atoms with Gasteiger partial charge in [-0.3, -0.25) is 4.79 Å². The second-order valence-corrected chi connectivity index (χ2v) is 5.33. The van der Waals surface area contributed by atoms with Crippen LogP contribution in [0, 0.1) is 5.92 Å². The highest BCUT2D eigenvalue weighted by molar-refractivity contribution is 5.98. The Labute approximate surface area is 109 Å². The molecule has 1 aromatic rings. The minimum Gasteiger partial charge on any atom is -0.384 e. The Hall–Kier alpha value is -1.35. The summed E-state index contributed by atoms with van der Waals surface area (Å²) >= 11 is 0. The number of nitrogens with one attached hydrogen (secondary N) is 2. The summed E-state index contributed by atoms with van der Waals surface area (Å²) in [5.74, 6) is 0.868. The molecule has 1 aliphatic rings. The van der Waals surface area contributed by atoms with Gasteiger partial charge in [0.2, 0.25) is 0 Å². The Morgan fingerprint density at radius 1 is 1.44 bits per heavy atom. The molecular formula is C15H22N2O. The van der Waals surface area contributed by atoms with Gasteiger partial charge in [-0.25, -0.2) is 0 Å². The second-order valence-electron chi connectivity index (χ2n) is 5.33. The van der Waals surface area contributed by atoms with E-state index in [1.807, 2.05) is 18.2 Å². The van der Waals surface area contributed by atoms with Gasteiger partial charge in [0.15, 0.2) is 5.78 Å². The van der Waals surface area contributed by atoms with Gasteiger partial charge >= 0.3 is 0 Å². The number of carbonyl (C=O) groups is 1. The standard InChI is InChI=1S/C15H22N2O/c1-11(2)5-7-16-10-15(18)13-3-4-14-12(9-13)6-8-17-14/h3-4,9,11,16-17H,5-8,10H2,1-2H3. The van der Waals surface area contributed by atoms with E-state index in [0.717, 1.165) is 31.5 Å². The molecular weight excluding hydrogens is 224 g/mol. The molecule has 1 aromatic carbocycles. The lowest BCUT2D eigenvalue weighted by Gasteiger charge is -2.07. The van der Waals surface area contributed by atoms with Crippen LogP contribution in [-0.2, 0) is 6.42 Å². The summed E-state index contributed by atoms with van der Waals surface area (Å²) in [6, 6.07) is 5.97. The van der Waals surface area contributed by atoms with E-state index in [0.29, 0.717) is 12.5 Å². The maximum Gasteiger partial charge on any atom is 0.176 e. The van der Waals surface area contributed by atoms with Crippen LogP contribution in [0.25, 0.3) is 0 Å². The molecule has 0 aliphatic carbocycles. The predicted molar refractivity (Wildman–Crippen MR) is 75.3 cm³/mol. The smallest absolute Gasteiger partial charge is 0.176 e. The number of hydrogen-bond acceptors (Lipinski definition) is 3.